The average molecular weight is 1710 g/mol. The van der Waals surface area contributed by atoms with E-state index in [9.17, 15) is 39.0 Å². The summed E-state index contributed by atoms with van der Waals surface area (Å²) in [5.41, 5.74) is 20.6. The number of halogens is 2. The van der Waals surface area contributed by atoms with Crippen molar-refractivity contribution in [3.05, 3.63) is 303 Å². The van der Waals surface area contributed by atoms with Gasteiger partial charge < -0.3 is 72.3 Å². The third-order valence-electron chi connectivity index (χ3n) is 20.4. The minimum Gasteiger partial charge on any atom is -0.870 e. The number of aromatic carboxylic acids is 1. The molecule has 1 amide bonds. The molecule has 14 rings (SSSR count). The van der Waals surface area contributed by atoms with Crippen LogP contribution in [0, 0.1) is 55.4 Å². The smallest absolute Gasteiger partial charge is 0.870 e. The van der Waals surface area contributed by atoms with Crippen LogP contribution in [0.2, 0.25) is 0 Å². The Morgan fingerprint density at radius 1 is 0.471 bits per heavy atom. The maximum atomic E-state index is 13.2. The van der Waals surface area contributed by atoms with Crippen LogP contribution in [0.4, 0.5) is 0 Å². The Kier molecular flexibility index (Phi) is 36.2. The zero-order valence-electron chi connectivity index (χ0n) is 71.9. The van der Waals surface area contributed by atoms with Gasteiger partial charge in [-0.15, -0.1) is 11.6 Å². The van der Waals surface area contributed by atoms with E-state index in [2.05, 4.69) is 49.3 Å². The quantitative estimate of drug-likeness (QED) is 0.0142. The second-order valence-electron chi connectivity index (χ2n) is 28.6. The number of aryl methyl sites for hydroxylation is 8. The number of nitrogens with zero attached hydrogens (tertiary/aromatic N) is 12. The fourth-order valence-electron chi connectivity index (χ4n) is 14.1. The van der Waals surface area contributed by atoms with Crippen molar-refractivity contribution in [2.24, 2.45) is 28.2 Å². The van der Waals surface area contributed by atoms with Gasteiger partial charge in [0, 0.05) is 141 Å². The summed E-state index contributed by atoms with van der Waals surface area (Å²) in [5, 5.41) is 38.6. The van der Waals surface area contributed by atoms with E-state index in [4.69, 9.17) is 47.1 Å². The van der Waals surface area contributed by atoms with Crippen LogP contribution < -0.4 is 50.8 Å². The number of hydrogen-bond acceptors (Lipinski definition) is 18. The molecule has 4 atom stereocenters. The maximum Gasteiger partial charge on any atom is 1.00 e. The van der Waals surface area contributed by atoms with E-state index >= 15 is 0 Å². The van der Waals surface area contributed by atoms with Gasteiger partial charge in [-0.3, -0.25) is 33.1 Å². The molecule has 0 aliphatic rings. The molecule has 121 heavy (non-hydrogen) atoms. The summed E-state index contributed by atoms with van der Waals surface area (Å²) in [7, 11) is 7.51. The summed E-state index contributed by atoms with van der Waals surface area (Å²) in [6.45, 7) is 28.7. The Morgan fingerprint density at radius 2 is 0.785 bits per heavy atom. The summed E-state index contributed by atoms with van der Waals surface area (Å²) in [5.74, 6) is -1.26. The number of carbonyl (C=O) groups is 4. The molecule has 14 aromatic heterocycles. The summed E-state index contributed by atoms with van der Waals surface area (Å²) in [4.78, 5) is 80.4. The van der Waals surface area contributed by atoms with E-state index in [1.807, 2.05) is 242 Å². The van der Waals surface area contributed by atoms with Crippen molar-refractivity contribution in [3.63, 3.8) is 0 Å². The first-order valence-corrected chi connectivity index (χ1v) is 39.7. The third kappa shape index (κ3) is 24.0. The van der Waals surface area contributed by atoms with Crippen molar-refractivity contribution in [2.75, 3.05) is 13.2 Å². The molecule has 30 nitrogen and oxygen atoms in total. The molecule has 0 bridgehead atoms. The van der Waals surface area contributed by atoms with Gasteiger partial charge in [0.15, 0.2) is 0 Å². The number of aromatic nitrogens is 14. The van der Waals surface area contributed by atoms with Gasteiger partial charge in [0.05, 0.1) is 126 Å². The number of esters is 2. The molecule has 0 aliphatic heterocycles. The number of ether oxygens (including phenoxy) is 5. The summed E-state index contributed by atoms with van der Waals surface area (Å²) in [6, 6.07) is 34.1. The first-order valence-electron chi connectivity index (χ1n) is 38.8. The Bertz CT molecular complexity index is 5980. The van der Waals surface area contributed by atoms with Gasteiger partial charge in [0.25, 0.3) is 17.0 Å². The molecular formula is C88H107Cl2N16NaO14. The number of hydrogen-bond donors (Lipinski definition) is 6. The van der Waals surface area contributed by atoms with Crippen LogP contribution >= 0.6 is 23.4 Å². The van der Waals surface area contributed by atoms with Crippen LogP contribution in [0.15, 0.2) is 168 Å². The van der Waals surface area contributed by atoms with Crippen LogP contribution in [0.1, 0.15) is 209 Å². The number of amides is 1. The Balaban J connectivity index is 0.000000208. The zero-order valence-corrected chi connectivity index (χ0v) is 75.4. The van der Waals surface area contributed by atoms with E-state index in [0.717, 1.165) is 112 Å². The SMILES string of the molecule is CCOC(=O)c1cc2cccn2c(C(C)O)c1C.CCOC(=O)c1cc2cccn2c(C(C)OCc2ccnn2C)c1C.Cc1c(C(=O)O)cc2cccn2c1C(C)OCc1ccnn1C.Cc1cc(C)c(CNC(=O)c2cc3cccn3c(C(C)OCc3ccnn3C)c2C)c(=O)[nH]1.Cc1cc(C)c(CNCl)c(=O)[nH]1.Cn1nccc1CCl.[Na+].[OH-]. The number of carboxylic acid groups (broad SMARTS) is 1. The second-order valence-corrected chi connectivity index (χ2v) is 29.1. The van der Waals surface area contributed by atoms with E-state index in [-0.39, 0.29) is 88.9 Å². The molecule has 0 saturated heterocycles. The molecule has 0 radical (unpaired) electrons. The van der Waals surface area contributed by atoms with Crippen LogP contribution in [0.5, 0.6) is 0 Å². The number of fused-ring (bicyclic) bond motifs is 4. The van der Waals surface area contributed by atoms with Gasteiger partial charge >= 0.3 is 47.5 Å². The van der Waals surface area contributed by atoms with Crippen LogP contribution in [-0.4, -0.2) is 119 Å². The van der Waals surface area contributed by atoms with Crippen LogP contribution in [0.25, 0.3) is 22.1 Å². The molecule has 14 aromatic rings. The molecule has 7 N–H and O–H groups in total. The Labute approximate surface area is 734 Å². The van der Waals surface area contributed by atoms with E-state index in [0.29, 0.717) is 78.8 Å². The van der Waals surface area contributed by atoms with Crippen LogP contribution in [0.3, 0.4) is 0 Å². The number of aromatic amines is 2. The second kappa shape index (κ2) is 45.0. The summed E-state index contributed by atoms with van der Waals surface area (Å²) >= 11 is 10.8. The average Bonchev–Trinajstić information content (AvgIpc) is 1.73. The first kappa shape index (κ1) is 97.1. The Morgan fingerprint density at radius 3 is 1.09 bits per heavy atom. The fourth-order valence-corrected chi connectivity index (χ4v) is 14.5. The van der Waals surface area contributed by atoms with Gasteiger partial charge in [-0.05, 0) is 251 Å². The number of carboxylic acids is 1. The third-order valence-corrected chi connectivity index (χ3v) is 20.8. The summed E-state index contributed by atoms with van der Waals surface area (Å²) < 4.78 is 43.5. The number of H-pyrrole nitrogens is 2. The van der Waals surface area contributed by atoms with Crippen molar-refractivity contribution >= 4 is 69.3 Å². The van der Waals surface area contributed by atoms with E-state index in [1.54, 1.807) is 69.5 Å². The van der Waals surface area contributed by atoms with E-state index in [1.165, 1.54) is 0 Å². The molecule has 638 valence electrons. The molecule has 14 heterocycles. The van der Waals surface area contributed by atoms with Crippen molar-refractivity contribution in [1.29, 1.82) is 0 Å². The number of nitrogens with one attached hydrogen (secondary N) is 4. The molecule has 4 unspecified atom stereocenters. The molecule has 0 fully saturated rings. The van der Waals surface area contributed by atoms with Gasteiger partial charge in [-0.25, -0.2) is 19.2 Å². The topological polar surface area (TPSA) is 364 Å². The number of pyridine rings is 6. The minimum atomic E-state index is -0.925. The molecule has 0 aromatic carbocycles. The molecule has 33 heteroatoms. The van der Waals surface area contributed by atoms with Crippen molar-refractivity contribution in [3.8, 4) is 0 Å². The van der Waals surface area contributed by atoms with Gasteiger partial charge in [0.1, 0.15) is 0 Å². The van der Waals surface area contributed by atoms with Crippen molar-refractivity contribution in [1.82, 2.24) is 76.8 Å². The van der Waals surface area contributed by atoms with Gasteiger partial charge in [-0.2, -0.15) is 20.4 Å². The molecule has 0 saturated carbocycles. The normalized spacial score (nSPS) is 11.9. The fraction of sp³-hybridized carbons (Fsp3) is 0.341. The van der Waals surface area contributed by atoms with Crippen molar-refractivity contribution in [2.45, 2.75) is 160 Å². The standard InChI is InChI=1S/C25H29N5O3.C19H23N3O3.C17H19N3O3.C14H17NO3.C8H11ClN2O.C5H7ClN2.Na.H2O/c1-15-11-16(2)28-25(32)22(15)13-26-24(31)21-12-19-7-6-10-30(19)23(17(21)3)18(4)33-14-20-8-9-27-29(20)5;1-5-24-19(23)17-11-15-7-6-10-22(15)18(13(17)2)14(3)25-12-16-8-9-20-21(16)4;1-11-15(17(21)22)9-13-5-4-8-20(13)16(11)12(2)23-10-14-6-7-18-19(14)3;1-4-18-14(17)12-8-11-6-5-7-15(11)13(9(12)2)10(3)16;1-5-3-6(2)11-8(12)7(5)4-10-9;1-8-5(4-6)2-3-7-8;;/h6-12,18H,13-14H2,1-5H3,(H,26,31)(H,28,32);6-11,14H,5,12H2,1-4H3;4-9,12H,10H2,1-3H3,(H,21,22);5-8,10,16H,4H2,1-3H3;3,10H,4H2,1-2H3,(H,11,12);2-3H,4H2,1H3;;1H2/q;;;;;;+1;/p-1. The van der Waals surface area contributed by atoms with Crippen molar-refractivity contribution < 1.29 is 88.1 Å². The maximum absolute atomic E-state index is 13.2. The van der Waals surface area contributed by atoms with Gasteiger partial charge in [-0.1, -0.05) is 0 Å². The predicted molar refractivity (Wildman–Crippen MR) is 459 cm³/mol. The molecule has 0 spiro atoms. The predicted octanol–water partition coefficient (Wildman–Crippen LogP) is 11.6. The Hall–Kier alpha value is -11.0. The zero-order chi connectivity index (χ0) is 86.6. The first-order chi connectivity index (χ1) is 56.8. The molecule has 0 aliphatic carbocycles. The number of aliphatic hydroxyl groups excluding tert-OH is 1. The van der Waals surface area contributed by atoms with E-state index < -0.39 is 12.1 Å². The monoisotopic (exact) mass is 1700 g/mol. The number of alkyl halides is 1. The largest absolute Gasteiger partial charge is 1.00 e. The number of aliphatic hydroxyl groups is 1. The van der Waals surface area contributed by atoms with Gasteiger partial charge in [0.2, 0.25) is 0 Å². The molecular weight excluding hydrogens is 1600 g/mol. The number of rotatable bonds is 24. The minimum absolute atomic E-state index is 0. The summed E-state index contributed by atoms with van der Waals surface area (Å²) in [6.07, 6.45) is 13.4. The number of carbonyl (C=O) groups excluding carboxylic acids is 3. The van der Waals surface area contributed by atoms with Crippen LogP contribution in [-0.2, 0) is 90.7 Å².